The van der Waals surface area contributed by atoms with Gasteiger partial charge in [-0.2, -0.15) is 4.31 Å². The number of hydrogen-bond donors (Lipinski definition) is 3. The monoisotopic (exact) mass is 518 g/mol. The van der Waals surface area contributed by atoms with Gasteiger partial charge in [-0.05, 0) is 37.5 Å². The van der Waals surface area contributed by atoms with Crippen LogP contribution < -0.4 is 0 Å². The van der Waals surface area contributed by atoms with Crippen LogP contribution in [0.2, 0.25) is 0 Å². The van der Waals surface area contributed by atoms with Crippen molar-refractivity contribution in [2.75, 3.05) is 0 Å². The molecule has 1 unspecified atom stereocenters. The summed E-state index contributed by atoms with van der Waals surface area (Å²) in [6.07, 6.45) is 11.1. The molecule has 0 saturated carbocycles. The molecule has 0 amide bonds. The SMILES string of the molecule is C/C(=C\C(=O)OP(=O)(O)OP(=O)(O)O)CCC[C@H](C)CCC[C@H](C)CCCC(C)C.[NaH].[NaH]. The minimum atomic E-state index is -5.24. The molecule has 0 bridgehead atoms. The van der Waals surface area contributed by atoms with Gasteiger partial charge in [0.2, 0.25) is 0 Å². The molecule has 0 aliphatic heterocycles. The average molecular weight is 518 g/mol. The molecule has 0 heterocycles. The molecule has 0 radical (unpaired) electrons. The first kappa shape index (κ1) is 38.0. The van der Waals surface area contributed by atoms with E-state index in [4.69, 9.17) is 14.7 Å². The van der Waals surface area contributed by atoms with Gasteiger partial charge in [-0.3, -0.25) is 4.89 Å². The Balaban J connectivity index is -0.00000420. The normalized spacial score (nSPS) is 15.8. The number of allylic oxidation sites excluding steroid dienone is 1. The molecular formula is C20H42Na2O8P2. The first-order valence-corrected chi connectivity index (χ1v) is 13.7. The van der Waals surface area contributed by atoms with Crippen molar-refractivity contribution in [3.05, 3.63) is 11.6 Å². The van der Waals surface area contributed by atoms with Gasteiger partial charge in [0.1, 0.15) is 0 Å². The van der Waals surface area contributed by atoms with Gasteiger partial charge in [0.15, 0.2) is 0 Å². The van der Waals surface area contributed by atoms with E-state index in [2.05, 4.69) is 36.5 Å². The van der Waals surface area contributed by atoms with Crippen LogP contribution in [-0.2, 0) is 22.8 Å². The Morgan fingerprint density at radius 3 is 1.72 bits per heavy atom. The van der Waals surface area contributed by atoms with Crippen LogP contribution in [0, 0.1) is 17.8 Å². The van der Waals surface area contributed by atoms with Crippen molar-refractivity contribution in [3.63, 3.8) is 0 Å². The topological polar surface area (TPSA) is 130 Å². The second kappa shape index (κ2) is 19.7. The Hall–Kier alpha value is 1.51. The van der Waals surface area contributed by atoms with E-state index >= 15 is 0 Å². The zero-order valence-electron chi connectivity index (χ0n) is 19.0. The van der Waals surface area contributed by atoms with E-state index in [0.717, 1.165) is 30.8 Å². The summed E-state index contributed by atoms with van der Waals surface area (Å²) < 4.78 is 29.6. The molecule has 3 atom stereocenters. The number of phosphoric acid groups is 2. The predicted molar refractivity (Wildman–Crippen MR) is 132 cm³/mol. The van der Waals surface area contributed by atoms with Gasteiger partial charge in [-0.1, -0.05) is 78.2 Å². The number of hydrogen-bond acceptors (Lipinski definition) is 5. The van der Waals surface area contributed by atoms with Gasteiger partial charge in [0.05, 0.1) is 0 Å². The standard InChI is InChI=1S/C20H40O8P2.2Na.2H/c1-16(2)9-6-10-17(3)11-7-12-18(4)13-8-14-19(5)15-20(21)27-30(25,26)28-29(22,23)24;;;;/h15-18H,6-14H2,1-5H3,(H,25,26)(H2,22,23,24);;;;/b19-15+;;;;/t17-,18-;;;;/m1..../s1. The van der Waals surface area contributed by atoms with E-state index in [1.807, 2.05) is 0 Å². The summed E-state index contributed by atoms with van der Waals surface area (Å²) in [5, 5.41) is 0. The third-order valence-corrected chi connectivity index (χ3v) is 7.01. The Morgan fingerprint density at radius 2 is 1.28 bits per heavy atom. The number of carbonyl (C=O) groups is 1. The molecule has 0 aromatic rings. The summed E-state index contributed by atoms with van der Waals surface area (Å²) in [5.41, 5.74) is 0.655. The van der Waals surface area contributed by atoms with Crippen LogP contribution in [-0.4, -0.2) is 79.8 Å². The first-order valence-electron chi connectivity index (χ1n) is 10.7. The molecule has 0 aliphatic rings. The van der Waals surface area contributed by atoms with E-state index < -0.39 is 21.6 Å². The van der Waals surface area contributed by atoms with Gasteiger partial charge in [0, 0.05) is 6.08 Å². The second-order valence-corrected chi connectivity index (χ2v) is 11.6. The van der Waals surface area contributed by atoms with Gasteiger partial charge >= 0.3 is 80.7 Å². The van der Waals surface area contributed by atoms with Gasteiger partial charge in [0.25, 0.3) is 0 Å². The molecule has 0 spiro atoms. The van der Waals surface area contributed by atoms with Gasteiger partial charge in [-0.15, -0.1) is 0 Å². The van der Waals surface area contributed by atoms with Crippen LogP contribution in [0.5, 0.6) is 0 Å². The van der Waals surface area contributed by atoms with E-state index in [9.17, 15) is 13.9 Å². The van der Waals surface area contributed by atoms with Crippen molar-refractivity contribution in [1.29, 1.82) is 0 Å². The Kier molecular flexibility index (Phi) is 23.4. The molecule has 0 aromatic heterocycles. The molecule has 8 nitrogen and oxygen atoms in total. The van der Waals surface area contributed by atoms with Crippen LogP contribution >= 0.6 is 15.6 Å². The number of rotatable bonds is 16. The summed E-state index contributed by atoms with van der Waals surface area (Å²) in [6, 6.07) is 0. The molecule has 0 saturated heterocycles. The molecule has 0 aliphatic carbocycles. The van der Waals surface area contributed by atoms with Crippen molar-refractivity contribution < 1.29 is 37.4 Å². The molecule has 0 aromatic carbocycles. The van der Waals surface area contributed by atoms with Crippen molar-refractivity contribution in [2.24, 2.45) is 17.8 Å². The minimum absolute atomic E-state index is 0. The van der Waals surface area contributed by atoms with Crippen LogP contribution in [0.4, 0.5) is 0 Å². The Morgan fingerprint density at radius 1 is 0.844 bits per heavy atom. The predicted octanol–water partition coefficient (Wildman–Crippen LogP) is 4.83. The van der Waals surface area contributed by atoms with E-state index in [-0.39, 0.29) is 59.1 Å². The maximum absolute atomic E-state index is 11.6. The number of carbonyl (C=O) groups excluding carboxylic acids is 1. The zero-order chi connectivity index (χ0) is 23.4. The summed E-state index contributed by atoms with van der Waals surface area (Å²) in [5.74, 6) is 0.954. The van der Waals surface area contributed by atoms with Crippen molar-refractivity contribution in [2.45, 2.75) is 92.4 Å². The van der Waals surface area contributed by atoms with Gasteiger partial charge < -0.3 is 14.3 Å². The molecule has 12 heteroatoms. The fourth-order valence-corrected chi connectivity index (χ4v) is 4.76. The van der Waals surface area contributed by atoms with Gasteiger partial charge in [-0.25, -0.2) is 13.9 Å². The molecular weight excluding hydrogens is 476 g/mol. The average Bonchev–Trinajstić information content (AvgIpc) is 2.51. The van der Waals surface area contributed by atoms with Crippen molar-refractivity contribution in [1.82, 2.24) is 0 Å². The van der Waals surface area contributed by atoms with Crippen molar-refractivity contribution >= 4 is 80.7 Å². The molecule has 0 fully saturated rings. The Bertz CT molecular complexity index is 637. The zero-order valence-corrected chi connectivity index (χ0v) is 20.7. The summed E-state index contributed by atoms with van der Waals surface area (Å²) >= 11 is 0. The Labute approximate surface area is 238 Å². The summed E-state index contributed by atoms with van der Waals surface area (Å²) in [7, 11) is -10.4. The maximum atomic E-state index is 11.6. The molecule has 32 heavy (non-hydrogen) atoms. The van der Waals surface area contributed by atoms with Crippen LogP contribution in [0.25, 0.3) is 0 Å². The third-order valence-electron chi connectivity index (χ3n) is 4.92. The third kappa shape index (κ3) is 24.6. The quantitative estimate of drug-likeness (QED) is 0.151. The fraction of sp³-hybridized carbons (Fsp3) is 0.850. The first-order chi connectivity index (χ1) is 13.7. The number of phosphoric ester groups is 1. The second-order valence-electron chi connectivity index (χ2n) is 8.80. The molecule has 3 N–H and O–H groups in total. The van der Waals surface area contributed by atoms with Crippen LogP contribution in [0.15, 0.2) is 11.6 Å². The fourth-order valence-electron chi connectivity index (χ4n) is 3.27. The van der Waals surface area contributed by atoms with E-state index in [1.165, 1.54) is 38.5 Å². The van der Waals surface area contributed by atoms with Crippen LogP contribution in [0.3, 0.4) is 0 Å². The van der Waals surface area contributed by atoms with Crippen LogP contribution in [0.1, 0.15) is 92.4 Å². The summed E-state index contributed by atoms with van der Waals surface area (Å²) in [6.45, 7) is 10.8. The van der Waals surface area contributed by atoms with E-state index in [1.54, 1.807) is 6.92 Å². The molecule has 182 valence electrons. The summed E-state index contributed by atoms with van der Waals surface area (Å²) in [4.78, 5) is 37.8. The molecule has 0 rings (SSSR count). The van der Waals surface area contributed by atoms with E-state index in [0.29, 0.717) is 17.9 Å². The van der Waals surface area contributed by atoms with Crippen molar-refractivity contribution in [3.8, 4) is 0 Å².